The minimum Gasteiger partial charge on any atom is -0.458 e. The number of ether oxygens (including phenoxy) is 2. The van der Waals surface area contributed by atoms with Gasteiger partial charge in [-0.2, -0.15) is 5.10 Å². The van der Waals surface area contributed by atoms with E-state index in [1.165, 1.54) is 42.4 Å². The lowest BCUT2D eigenvalue weighted by molar-refractivity contribution is -0.164. The molecule has 0 saturated carbocycles. The van der Waals surface area contributed by atoms with Gasteiger partial charge >= 0.3 is 11.7 Å². The zero-order chi connectivity index (χ0) is 28.7. The average molecular weight is 554 g/mol. The van der Waals surface area contributed by atoms with Crippen molar-refractivity contribution in [3.63, 3.8) is 0 Å². The quantitative estimate of drug-likeness (QED) is 0.298. The Bertz CT molecular complexity index is 1590. The Labute approximate surface area is 230 Å². The largest absolute Gasteiger partial charge is 0.458 e. The highest BCUT2D eigenvalue weighted by molar-refractivity contribution is 7.21. The van der Waals surface area contributed by atoms with Gasteiger partial charge in [-0.3, -0.25) is 9.36 Å². The molecule has 4 aromatic rings. The van der Waals surface area contributed by atoms with E-state index in [4.69, 9.17) is 9.47 Å². The van der Waals surface area contributed by atoms with E-state index in [1.807, 2.05) is 44.2 Å². The molecule has 0 N–H and O–H groups in total. The van der Waals surface area contributed by atoms with Crippen LogP contribution in [-0.2, 0) is 26.4 Å². The SMILES string of the molecule is Cc1c(-n2cncn2)sc2c1c(=O)n(C(C)(C)C(=O)OC(C)(C)C)c(=O)n2C[C@H](OC(C)C)c1ccccc1. The van der Waals surface area contributed by atoms with Crippen LogP contribution in [-0.4, -0.2) is 41.6 Å². The molecule has 1 atom stereocenters. The summed E-state index contributed by atoms with van der Waals surface area (Å²) in [6.07, 6.45) is 2.34. The van der Waals surface area contributed by atoms with Gasteiger partial charge in [-0.15, -0.1) is 0 Å². The molecule has 4 rings (SSSR count). The molecule has 0 aliphatic heterocycles. The number of hydrogen-bond acceptors (Lipinski definition) is 8. The molecular weight excluding hydrogens is 518 g/mol. The van der Waals surface area contributed by atoms with Gasteiger partial charge in [-0.25, -0.2) is 23.8 Å². The minimum absolute atomic E-state index is 0.124. The maximum atomic E-state index is 14.2. The summed E-state index contributed by atoms with van der Waals surface area (Å²) >= 11 is 1.27. The van der Waals surface area contributed by atoms with Crippen molar-refractivity contribution in [3.8, 4) is 5.00 Å². The molecule has 0 aliphatic carbocycles. The smallest absolute Gasteiger partial charge is 0.333 e. The Kier molecular flexibility index (Phi) is 7.68. The van der Waals surface area contributed by atoms with Crippen molar-refractivity contribution >= 4 is 27.5 Å². The number of esters is 1. The minimum atomic E-state index is -1.58. The lowest BCUT2D eigenvalue weighted by Gasteiger charge is -2.30. The molecule has 0 saturated heterocycles. The molecule has 0 aliphatic rings. The van der Waals surface area contributed by atoms with Crippen LogP contribution in [0.25, 0.3) is 15.2 Å². The number of aromatic nitrogens is 5. The molecule has 10 nitrogen and oxygen atoms in total. The summed E-state index contributed by atoms with van der Waals surface area (Å²) in [5.41, 5.74) is -2.05. The Morgan fingerprint density at radius 2 is 1.74 bits per heavy atom. The number of fused-ring (bicyclic) bond motifs is 1. The van der Waals surface area contributed by atoms with E-state index >= 15 is 0 Å². The second-order valence-corrected chi connectivity index (χ2v) is 12.2. The second kappa shape index (κ2) is 10.5. The predicted octanol–water partition coefficient (Wildman–Crippen LogP) is 4.36. The molecule has 208 valence electrons. The van der Waals surface area contributed by atoms with Crippen molar-refractivity contribution in [1.82, 2.24) is 23.9 Å². The maximum absolute atomic E-state index is 14.2. The summed E-state index contributed by atoms with van der Waals surface area (Å²) in [4.78, 5) is 46.1. The van der Waals surface area contributed by atoms with E-state index in [2.05, 4.69) is 10.1 Å². The maximum Gasteiger partial charge on any atom is 0.333 e. The van der Waals surface area contributed by atoms with Crippen LogP contribution in [0.1, 0.15) is 65.7 Å². The van der Waals surface area contributed by atoms with Crippen molar-refractivity contribution in [2.24, 2.45) is 0 Å². The fourth-order valence-corrected chi connectivity index (χ4v) is 5.64. The van der Waals surface area contributed by atoms with Gasteiger partial charge in [0.2, 0.25) is 0 Å². The molecular formula is C28H35N5O5S. The number of rotatable bonds is 8. The van der Waals surface area contributed by atoms with E-state index in [-0.39, 0.29) is 12.6 Å². The van der Waals surface area contributed by atoms with Gasteiger partial charge in [-0.1, -0.05) is 41.7 Å². The van der Waals surface area contributed by atoms with Crippen molar-refractivity contribution in [2.45, 2.75) is 85.3 Å². The Balaban J connectivity index is 2.02. The molecule has 0 spiro atoms. The van der Waals surface area contributed by atoms with Gasteiger partial charge in [0.15, 0.2) is 0 Å². The van der Waals surface area contributed by atoms with Crippen LogP contribution in [0.2, 0.25) is 0 Å². The fourth-order valence-electron chi connectivity index (χ4n) is 4.40. The van der Waals surface area contributed by atoms with Gasteiger partial charge in [0, 0.05) is 5.56 Å². The number of aryl methyl sites for hydroxylation is 1. The molecule has 1 aromatic carbocycles. The third-order valence-electron chi connectivity index (χ3n) is 6.23. The summed E-state index contributed by atoms with van der Waals surface area (Å²) in [7, 11) is 0. The number of benzene rings is 1. The van der Waals surface area contributed by atoms with Crippen LogP contribution in [0.3, 0.4) is 0 Å². The van der Waals surface area contributed by atoms with E-state index in [0.29, 0.717) is 20.8 Å². The van der Waals surface area contributed by atoms with Gasteiger partial charge in [0.05, 0.1) is 18.0 Å². The third-order valence-corrected chi connectivity index (χ3v) is 7.53. The first-order chi connectivity index (χ1) is 18.2. The van der Waals surface area contributed by atoms with E-state index < -0.39 is 34.5 Å². The normalized spacial score (nSPS) is 13.3. The first-order valence-corrected chi connectivity index (χ1v) is 13.6. The standard InChI is InChI=1S/C28H35N5O5S/c1-17(2)37-20(19-12-10-9-11-13-19)14-31-24-21(18(3)23(39-24)32-16-29-15-30-32)22(34)33(26(31)36)28(7,8)25(35)38-27(4,5)6/h9-13,15-17,20H,14H2,1-8H3/t20-/m0/s1. The summed E-state index contributed by atoms with van der Waals surface area (Å²) < 4.78 is 16.0. The van der Waals surface area contributed by atoms with Crippen molar-refractivity contribution in [1.29, 1.82) is 0 Å². The van der Waals surface area contributed by atoms with Crippen molar-refractivity contribution in [3.05, 3.63) is 75.0 Å². The number of carbonyl (C=O) groups is 1. The Hall–Kier alpha value is -3.57. The summed E-state index contributed by atoms with van der Waals surface area (Å²) in [5.74, 6) is -0.678. The number of carbonyl (C=O) groups excluding carboxylic acids is 1. The molecule has 0 unspecified atom stereocenters. The fraction of sp³-hybridized carbons (Fsp3) is 0.464. The molecule has 11 heteroatoms. The zero-order valence-corrected chi connectivity index (χ0v) is 24.4. The summed E-state index contributed by atoms with van der Waals surface area (Å²) in [6.45, 7) is 14.1. The predicted molar refractivity (Wildman–Crippen MR) is 151 cm³/mol. The van der Waals surface area contributed by atoms with E-state index in [9.17, 15) is 14.4 Å². The van der Waals surface area contributed by atoms with E-state index in [1.54, 1.807) is 32.4 Å². The molecule has 3 aromatic heterocycles. The van der Waals surface area contributed by atoms with Crippen LogP contribution in [0.4, 0.5) is 0 Å². The summed E-state index contributed by atoms with van der Waals surface area (Å²) in [5, 5.41) is 5.22. The van der Waals surface area contributed by atoms with Gasteiger partial charge in [0.25, 0.3) is 5.56 Å². The number of thiophene rings is 1. The van der Waals surface area contributed by atoms with Crippen molar-refractivity contribution < 1.29 is 14.3 Å². The van der Waals surface area contributed by atoms with Crippen LogP contribution in [0.15, 0.2) is 52.6 Å². The molecule has 3 heterocycles. The highest BCUT2D eigenvalue weighted by Gasteiger charge is 2.39. The molecule has 0 radical (unpaired) electrons. The Morgan fingerprint density at radius 3 is 2.31 bits per heavy atom. The van der Waals surface area contributed by atoms with Gasteiger partial charge < -0.3 is 9.47 Å². The monoisotopic (exact) mass is 553 g/mol. The first-order valence-electron chi connectivity index (χ1n) is 12.8. The number of nitrogens with zero attached hydrogens (tertiary/aromatic N) is 5. The van der Waals surface area contributed by atoms with Gasteiger partial charge in [0.1, 0.15) is 39.7 Å². The van der Waals surface area contributed by atoms with Crippen LogP contribution in [0.5, 0.6) is 0 Å². The zero-order valence-electron chi connectivity index (χ0n) is 23.6. The van der Waals surface area contributed by atoms with E-state index in [0.717, 1.165) is 10.1 Å². The van der Waals surface area contributed by atoms with Crippen LogP contribution >= 0.6 is 11.3 Å². The average Bonchev–Trinajstić information content (AvgIpc) is 3.48. The lowest BCUT2D eigenvalue weighted by atomic mass is 10.0. The third kappa shape index (κ3) is 5.60. The number of hydrogen-bond donors (Lipinski definition) is 0. The molecule has 0 bridgehead atoms. The molecule has 0 fully saturated rings. The van der Waals surface area contributed by atoms with Crippen molar-refractivity contribution in [2.75, 3.05) is 0 Å². The van der Waals surface area contributed by atoms with Crippen LogP contribution < -0.4 is 11.2 Å². The van der Waals surface area contributed by atoms with Gasteiger partial charge in [-0.05, 0) is 61.0 Å². The van der Waals surface area contributed by atoms with Crippen LogP contribution in [0, 0.1) is 6.92 Å². The first kappa shape index (κ1) is 28.4. The second-order valence-electron chi connectivity index (χ2n) is 11.2. The highest BCUT2D eigenvalue weighted by Crippen LogP contribution is 2.33. The molecule has 0 amide bonds. The summed E-state index contributed by atoms with van der Waals surface area (Å²) in [6, 6.07) is 9.62. The molecule has 39 heavy (non-hydrogen) atoms. The lowest BCUT2D eigenvalue weighted by Crippen LogP contribution is -2.54. The Morgan fingerprint density at radius 1 is 1.08 bits per heavy atom. The topological polar surface area (TPSA) is 110 Å². The highest BCUT2D eigenvalue weighted by atomic mass is 32.1.